The number of aromatic nitrogens is 1. The number of nitrogens with one attached hydrogen (secondary N) is 1. The molecule has 2 heterocycles. The summed E-state index contributed by atoms with van der Waals surface area (Å²) in [5, 5.41) is 21.6. The van der Waals surface area contributed by atoms with Gasteiger partial charge in [0, 0.05) is 35.3 Å². The zero-order chi connectivity index (χ0) is 28.9. The van der Waals surface area contributed by atoms with Gasteiger partial charge in [0.15, 0.2) is 17.5 Å². The van der Waals surface area contributed by atoms with Crippen LogP contribution >= 0.6 is 11.8 Å². The molecule has 216 valence electrons. The molecule has 0 unspecified atom stereocenters. The number of methoxy groups -OCH3 is 1. The Kier molecular flexibility index (Phi) is 9.90. The van der Waals surface area contributed by atoms with Gasteiger partial charge in [-0.1, -0.05) is 0 Å². The minimum Gasteiger partial charge on any atom is -0.497 e. The Hall–Kier alpha value is -2.90. The molecular weight excluding hydrogens is 545 g/mol. The number of fused-ring (bicyclic) bond motifs is 1. The van der Waals surface area contributed by atoms with Crippen LogP contribution in [0.25, 0.3) is 10.9 Å². The van der Waals surface area contributed by atoms with E-state index in [2.05, 4.69) is 9.88 Å². The van der Waals surface area contributed by atoms with Gasteiger partial charge in [0.05, 0.1) is 24.1 Å². The molecule has 2 aromatic carbocycles. The summed E-state index contributed by atoms with van der Waals surface area (Å²) in [6, 6.07) is 7.35. The fourth-order valence-electron chi connectivity index (χ4n) is 5.30. The maximum absolute atomic E-state index is 13.5. The second-order valence-corrected chi connectivity index (χ2v) is 11.1. The van der Waals surface area contributed by atoms with Gasteiger partial charge in [0.25, 0.3) is 0 Å². The van der Waals surface area contributed by atoms with Crippen molar-refractivity contribution in [3.8, 4) is 5.75 Å². The number of rotatable bonds is 11. The Labute approximate surface area is 234 Å². The molecule has 0 spiro atoms. The van der Waals surface area contributed by atoms with Gasteiger partial charge in [-0.05, 0) is 80.2 Å². The maximum Gasteiger partial charge on any atom is 0.249 e. The predicted molar refractivity (Wildman–Crippen MR) is 145 cm³/mol. The molecule has 0 aliphatic carbocycles. The van der Waals surface area contributed by atoms with Crippen molar-refractivity contribution >= 4 is 28.6 Å². The number of aliphatic hydroxyl groups excluding tert-OH is 1. The van der Waals surface area contributed by atoms with E-state index < -0.39 is 34.9 Å². The first-order valence-electron chi connectivity index (χ1n) is 13.0. The van der Waals surface area contributed by atoms with Crippen molar-refractivity contribution in [2.75, 3.05) is 32.5 Å². The number of carbonyl (C=O) groups excluding carboxylic acids is 1. The number of amides is 1. The molecule has 8 nitrogen and oxygen atoms in total. The van der Waals surface area contributed by atoms with Crippen LogP contribution in [0.3, 0.4) is 0 Å². The van der Waals surface area contributed by atoms with Crippen molar-refractivity contribution in [2.45, 2.75) is 43.2 Å². The largest absolute Gasteiger partial charge is 0.497 e. The number of nitrogens with two attached hydrogens (primary N) is 1. The molecule has 1 aromatic heterocycles. The normalized spacial score (nSPS) is 16.2. The molecule has 12 heteroatoms. The van der Waals surface area contributed by atoms with Gasteiger partial charge >= 0.3 is 0 Å². The standard InChI is InChI=1S/C28H33F3N4O4S/c1-39-18-2-3-23-20(12-18)25(17(15-32)16-33-23)24(36)4-5-28(27(37)34-38)6-8-35(9-7-28)10-11-40-19-13-21(29)26(31)22(30)14-19/h2-3,12-14,16,24,36,38H,4-11,15,32H2,1H3,(H,34,37)/t24-/m1/s1. The second-order valence-electron chi connectivity index (χ2n) is 9.95. The average Bonchev–Trinajstić information content (AvgIpc) is 2.97. The van der Waals surface area contributed by atoms with Gasteiger partial charge in [-0.15, -0.1) is 11.8 Å². The number of nitrogens with zero attached hydrogens (tertiary/aromatic N) is 2. The fourth-order valence-corrected chi connectivity index (χ4v) is 6.25. The highest BCUT2D eigenvalue weighted by molar-refractivity contribution is 7.99. The molecule has 5 N–H and O–H groups in total. The lowest BCUT2D eigenvalue weighted by atomic mass is 9.73. The Morgan fingerprint density at radius 2 is 1.93 bits per heavy atom. The van der Waals surface area contributed by atoms with E-state index in [1.54, 1.807) is 25.4 Å². The number of pyridine rings is 1. The molecule has 1 aliphatic heterocycles. The SMILES string of the molecule is COc1ccc2ncc(CN)c([C@H](O)CCC3(C(=O)NO)CCN(CCSc4cc(F)c(F)c(F)c4)CC3)c2c1. The van der Waals surface area contributed by atoms with Crippen LogP contribution in [-0.4, -0.2) is 58.6 Å². The van der Waals surface area contributed by atoms with Crippen molar-refractivity contribution < 1.29 is 33.0 Å². The van der Waals surface area contributed by atoms with Gasteiger partial charge < -0.3 is 20.5 Å². The number of ether oxygens (including phenoxy) is 1. The van der Waals surface area contributed by atoms with Crippen LogP contribution in [0.5, 0.6) is 5.75 Å². The topological polar surface area (TPSA) is 121 Å². The Morgan fingerprint density at radius 1 is 1.23 bits per heavy atom. The van der Waals surface area contributed by atoms with Crippen LogP contribution < -0.4 is 16.0 Å². The third-order valence-corrected chi connectivity index (χ3v) is 8.63. The van der Waals surface area contributed by atoms with Gasteiger partial charge in [-0.2, -0.15) is 0 Å². The van der Waals surface area contributed by atoms with E-state index in [0.29, 0.717) is 71.9 Å². The van der Waals surface area contributed by atoms with E-state index in [0.717, 1.165) is 17.5 Å². The third-order valence-electron chi connectivity index (χ3n) is 7.68. The summed E-state index contributed by atoms with van der Waals surface area (Å²) in [6.07, 6.45) is 2.21. The smallest absolute Gasteiger partial charge is 0.249 e. The number of carbonyl (C=O) groups is 1. The summed E-state index contributed by atoms with van der Waals surface area (Å²) in [5.41, 5.74) is 8.92. The molecule has 1 atom stereocenters. The highest BCUT2D eigenvalue weighted by Gasteiger charge is 2.41. The first-order chi connectivity index (χ1) is 19.2. The molecule has 1 aliphatic rings. The number of benzene rings is 2. The summed E-state index contributed by atoms with van der Waals surface area (Å²) in [5.74, 6) is -3.29. The molecule has 4 rings (SSSR count). The monoisotopic (exact) mass is 578 g/mol. The van der Waals surface area contributed by atoms with E-state index in [-0.39, 0.29) is 13.0 Å². The third kappa shape index (κ3) is 6.52. The zero-order valence-corrected chi connectivity index (χ0v) is 22.9. The first-order valence-corrected chi connectivity index (χ1v) is 14.0. The van der Waals surface area contributed by atoms with Crippen LogP contribution in [0.1, 0.15) is 42.9 Å². The number of thioether (sulfide) groups is 1. The lowest BCUT2D eigenvalue weighted by molar-refractivity contribution is -0.143. The summed E-state index contributed by atoms with van der Waals surface area (Å²) < 4.78 is 45.5. The van der Waals surface area contributed by atoms with E-state index in [1.165, 1.54) is 11.8 Å². The molecule has 0 radical (unpaired) electrons. The lowest BCUT2D eigenvalue weighted by Gasteiger charge is -2.40. The summed E-state index contributed by atoms with van der Waals surface area (Å²) in [4.78, 5) is 19.7. The highest BCUT2D eigenvalue weighted by Crippen LogP contribution is 2.40. The van der Waals surface area contributed by atoms with Crippen molar-refractivity contribution in [1.82, 2.24) is 15.4 Å². The summed E-state index contributed by atoms with van der Waals surface area (Å²) in [6.45, 7) is 1.88. The molecule has 1 amide bonds. The molecule has 0 saturated carbocycles. The number of piperidine rings is 1. The predicted octanol–water partition coefficient (Wildman–Crippen LogP) is 4.31. The molecule has 1 saturated heterocycles. The first kappa shape index (κ1) is 30.1. The fraction of sp³-hybridized carbons (Fsp3) is 0.429. The summed E-state index contributed by atoms with van der Waals surface area (Å²) >= 11 is 1.22. The number of hydrogen-bond donors (Lipinski definition) is 4. The van der Waals surface area contributed by atoms with Gasteiger partial charge in [-0.25, -0.2) is 18.7 Å². The van der Waals surface area contributed by atoms with Gasteiger partial charge in [0.2, 0.25) is 5.91 Å². The minimum atomic E-state index is -1.49. The summed E-state index contributed by atoms with van der Waals surface area (Å²) in [7, 11) is 1.56. The number of aliphatic hydroxyl groups is 1. The lowest BCUT2D eigenvalue weighted by Crippen LogP contribution is -2.48. The van der Waals surface area contributed by atoms with Crippen LogP contribution in [0.2, 0.25) is 0 Å². The molecular formula is C28H33F3N4O4S. The maximum atomic E-state index is 13.5. The van der Waals surface area contributed by atoms with Crippen molar-refractivity contribution in [2.24, 2.45) is 11.1 Å². The molecule has 0 bridgehead atoms. The second kappa shape index (κ2) is 13.2. The van der Waals surface area contributed by atoms with E-state index in [4.69, 9.17) is 10.5 Å². The number of halogens is 3. The Balaban J connectivity index is 1.41. The van der Waals surface area contributed by atoms with Crippen LogP contribution in [-0.2, 0) is 11.3 Å². The highest BCUT2D eigenvalue weighted by atomic mass is 32.2. The zero-order valence-electron chi connectivity index (χ0n) is 22.1. The van der Waals surface area contributed by atoms with Gasteiger partial charge in [-0.3, -0.25) is 15.0 Å². The number of likely N-dealkylation sites (tertiary alicyclic amines) is 1. The van der Waals surface area contributed by atoms with Crippen molar-refractivity contribution in [3.05, 3.63) is 65.1 Å². The van der Waals surface area contributed by atoms with Gasteiger partial charge in [0.1, 0.15) is 5.75 Å². The molecule has 1 fully saturated rings. The van der Waals surface area contributed by atoms with E-state index in [1.807, 2.05) is 11.5 Å². The van der Waals surface area contributed by atoms with E-state index in [9.17, 15) is 28.3 Å². The number of hydrogen-bond acceptors (Lipinski definition) is 8. The van der Waals surface area contributed by atoms with Crippen molar-refractivity contribution in [1.29, 1.82) is 0 Å². The average molecular weight is 579 g/mol. The van der Waals surface area contributed by atoms with Crippen LogP contribution in [0.4, 0.5) is 13.2 Å². The molecule has 3 aromatic rings. The van der Waals surface area contributed by atoms with Crippen molar-refractivity contribution in [3.63, 3.8) is 0 Å². The quantitative estimate of drug-likeness (QED) is 0.115. The van der Waals surface area contributed by atoms with E-state index >= 15 is 0 Å². The number of hydroxylamine groups is 1. The Morgan fingerprint density at radius 3 is 2.55 bits per heavy atom. The van der Waals surface area contributed by atoms with Crippen LogP contribution in [0.15, 0.2) is 41.4 Å². The van der Waals surface area contributed by atoms with Crippen LogP contribution in [0, 0.1) is 22.9 Å². The Bertz CT molecular complexity index is 1330. The minimum absolute atomic E-state index is 0.180. The molecule has 40 heavy (non-hydrogen) atoms.